The van der Waals surface area contributed by atoms with Crippen LogP contribution in [0.25, 0.3) is 0 Å². The first kappa shape index (κ1) is 15.2. The van der Waals surface area contributed by atoms with Crippen molar-refractivity contribution < 1.29 is 19.1 Å². The van der Waals surface area contributed by atoms with Crippen LogP contribution in [0.3, 0.4) is 0 Å². The summed E-state index contributed by atoms with van der Waals surface area (Å²) in [7, 11) is 1.18. The second-order valence-corrected chi connectivity index (χ2v) is 4.90. The lowest BCUT2D eigenvalue weighted by Crippen LogP contribution is -2.28. The molecule has 0 aliphatic carbocycles. The Morgan fingerprint density at radius 2 is 2.00 bits per heavy atom. The fourth-order valence-electron chi connectivity index (χ4n) is 1.10. The number of nitrogens with zero attached hydrogens (tertiary/aromatic N) is 2. The molecule has 1 rings (SSSR count). The first-order valence-electron chi connectivity index (χ1n) is 5.34. The molecule has 1 heterocycles. The Balaban J connectivity index is 2.95. The van der Waals surface area contributed by atoms with Gasteiger partial charge in [0.05, 0.1) is 13.3 Å². The van der Waals surface area contributed by atoms with Crippen LogP contribution in [0.1, 0.15) is 31.3 Å². The molecule has 0 aromatic carbocycles. The molecule has 0 bridgehead atoms. The van der Waals surface area contributed by atoms with E-state index in [4.69, 9.17) is 16.3 Å². The maximum Gasteiger partial charge on any atom is 0.413 e. The molecule has 0 saturated carbocycles. The van der Waals surface area contributed by atoms with E-state index in [0.29, 0.717) is 0 Å². The molecule has 104 valence electrons. The number of aromatic nitrogens is 2. The monoisotopic (exact) mass is 287 g/mol. The first-order valence-corrected chi connectivity index (χ1v) is 5.71. The fraction of sp³-hybridized carbons (Fsp3) is 0.455. The number of amides is 1. The van der Waals surface area contributed by atoms with Crippen LogP contribution < -0.4 is 5.32 Å². The zero-order chi connectivity index (χ0) is 14.6. The van der Waals surface area contributed by atoms with Crippen LogP contribution in [-0.2, 0) is 9.47 Å². The Morgan fingerprint density at radius 1 is 1.37 bits per heavy atom. The molecule has 8 heteroatoms. The van der Waals surface area contributed by atoms with Gasteiger partial charge in [0.25, 0.3) is 0 Å². The van der Waals surface area contributed by atoms with Crippen molar-refractivity contribution in [1.29, 1.82) is 0 Å². The standard InChI is InChI=1S/C11H14ClN3O4/c1-11(2,3)19-10(17)15-8-7(9(16)18-4)14-6(12)5-13-8/h5H,1-4H3,(H,13,15,17). The van der Waals surface area contributed by atoms with Crippen LogP contribution in [-0.4, -0.2) is 34.7 Å². The summed E-state index contributed by atoms with van der Waals surface area (Å²) >= 11 is 5.64. The summed E-state index contributed by atoms with van der Waals surface area (Å²) in [4.78, 5) is 30.6. The molecular weight excluding hydrogens is 274 g/mol. The molecule has 0 fully saturated rings. The molecule has 0 aliphatic rings. The van der Waals surface area contributed by atoms with E-state index in [-0.39, 0.29) is 16.7 Å². The molecule has 1 aromatic heterocycles. The second-order valence-electron chi connectivity index (χ2n) is 4.51. The lowest BCUT2D eigenvalue weighted by molar-refractivity contribution is 0.0594. The van der Waals surface area contributed by atoms with Crippen molar-refractivity contribution in [1.82, 2.24) is 9.97 Å². The molecule has 19 heavy (non-hydrogen) atoms. The molecule has 1 amide bonds. The van der Waals surface area contributed by atoms with E-state index >= 15 is 0 Å². The maximum absolute atomic E-state index is 11.6. The average Bonchev–Trinajstić information content (AvgIpc) is 2.28. The van der Waals surface area contributed by atoms with Crippen LogP contribution in [0.15, 0.2) is 6.20 Å². The highest BCUT2D eigenvalue weighted by Gasteiger charge is 2.21. The number of anilines is 1. The third-order valence-corrected chi connectivity index (χ3v) is 1.92. The van der Waals surface area contributed by atoms with Crippen LogP contribution in [0.4, 0.5) is 10.6 Å². The van der Waals surface area contributed by atoms with Crippen molar-refractivity contribution >= 4 is 29.5 Å². The Hall–Kier alpha value is -1.89. The number of hydrogen-bond acceptors (Lipinski definition) is 6. The van der Waals surface area contributed by atoms with E-state index in [0.717, 1.165) is 0 Å². The minimum atomic E-state index is -0.763. The van der Waals surface area contributed by atoms with E-state index in [1.54, 1.807) is 20.8 Å². The lowest BCUT2D eigenvalue weighted by atomic mass is 10.2. The zero-order valence-electron chi connectivity index (χ0n) is 11.0. The molecule has 0 aliphatic heterocycles. The molecule has 0 spiro atoms. The largest absolute Gasteiger partial charge is 0.464 e. The minimum Gasteiger partial charge on any atom is -0.464 e. The van der Waals surface area contributed by atoms with Gasteiger partial charge >= 0.3 is 12.1 Å². The third kappa shape index (κ3) is 4.70. The van der Waals surface area contributed by atoms with Crippen LogP contribution in [0.5, 0.6) is 0 Å². The van der Waals surface area contributed by atoms with Gasteiger partial charge in [0.2, 0.25) is 0 Å². The molecule has 7 nitrogen and oxygen atoms in total. The third-order valence-electron chi connectivity index (χ3n) is 1.74. The summed E-state index contributed by atoms with van der Waals surface area (Å²) in [5, 5.41) is 2.32. The number of carbonyl (C=O) groups excluding carboxylic acids is 2. The van der Waals surface area contributed by atoms with Crippen molar-refractivity contribution in [3.8, 4) is 0 Å². The topological polar surface area (TPSA) is 90.4 Å². The molecule has 1 aromatic rings. The normalized spacial score (nSPS) is 10.8. The van der Waals surface area contributed by atoms with Crippen LogP contribution in [0.2, 0.25) is 5.15 Å². The number of methoxy groups -OCH3 is 1. The number of nitrogens with one attached hydrogen (secondary N) is 1. The highest BCUT2D eigenvalue weighted by Crippen LogP contribution is 2.16. The molecule has 1 N–H and O–H groups in total. The van der Waals surface area contributed by atoms with E-state index in [9.17, 15) is 9.59 Å². The lowest BCUT2D eigenvalue weighted by Gasteiger charge is -2.19. The average molecular weight is 288 g/mol. The van der Waals surface area contributed by atoms with Gasteiger partial charge in [-0.2, -0.15) is 0 Å². The summed E-state index contributed by atoms with van der Waals surface area (Å²) in [5.74, 6) is -0.841. The van der Waals surface area contributed by atoms with E-state index in [2.05, 4.69) is 20.0 Å². The minimum absolute atomic E-state index is 0.00939. The Kier molecular flexibility index (Phi) is 4.66. The van der Waals surface area contributed by atoms with Gasteiger partial charge in [-0.3, -0.25) is 5.32 Å². The summed E-state index contributed by atoms with van der Waals surface area (Å²) in [6.45, 7) is 5.13. The van der Waals surface area contributed by atoms with Gasteiger partial charge in [-0.15, -0.1) is 0 Å². The smallest absolute Gasteiger partial charge is 0.413 e. The van der Waals surface area contributed by atoms with Gasteiger partial charge < -0.3 is 9.47 Å². The van der Waals surface area contributed by atoms with E-state index in [1.807, 2.05) is 0 Å². The first-order chi connectivity index (χ1) is 8.73. The number of ether oxygens (including phenoxy) is 2. The molecule has 0 unspecified atom stereocenters. The van der Waals surface area contributed by atoms with Gasteiger partial charge in [-0.1, -0.05) is 11.6 Å². The number of rotatable bonds is 2. The SMILES string of the molecule is COC(=O)c1nc(Cl)cnc1NC(=O)OC(C)(C)C. The molecule has 0 atom stereocenters. The van der Waals surface area contributed by atoms with Crippen molar-refractivity contribution in [2.45, 2.75) is 26.4 Å². The predicted molar refractivity (Wildman–Crippen MR) is 68.2 cm³/mol. The van der Waals surface area contributed by atoms with E-state index in [1.165, 1.54) is 13.3 Å². The van der Waals surface area contributed by atoms with Gasteiger partial charge in [-0.05, 0) is 20.8 Å². The Morgan fingerprint density at radius 3 is 2.53 bits per heavy atom. The van der Waals surface area contributed by atoms with Crippen molar-refractivity contribution in [3.05, 3.63) is 17.0 Å². The summed E-state index contributed by atoms with van der Waals surface area (Å²) in [6, 6.07) is 0. The molecule has 0 saturated heterocycles. The predicted octanol–water partition coefficient (Wildman–Crippen LogP) is 2.26. The number of carbonyl (C=O) groups is 2. The number of hydrogen-bond donors (Lipinski definition) is 1. The second kappa shape index (κ2) is 5.83. The molecule has 0 radical (unpaired) electrons. The number of halogens is 1. The van der Waals surface area contributed by atoms with Crippen LogP contribution >= 0.6 is 11.6 Å². The highest BCUT2D eigenvalue weighted by molar-refractivity contribution is 6.29. The summed E-state index contributed by atoms with van der Waals surface area (Å²) in [5.41, 5.74) is -0.865. The maximum atomic E-state index is 11.6. The Labute approximate surface area is 115 Å². The highest BCUT2D eigenvalue weighted by atomic mass is 35.5. The molecular formula is C11H14ClN3O4. The van der Waals surface area contributed by atoms with Gasteiger partial charge in [0.1, 0.15) is 10.8 Å². The van der Waals surface area contributed by atoms with Crippen LogP contribution in [0, 0.1) is 0 Å². The zero-order valence-corrected chi connectivity index (χ0v) is 11.7. The quantitative estimate of drug-likeness (QED) is 0.839. The summed E-state index contributed by atoms with van der Waals surface area (Å²) in [6.07, 6.45) is 0.440. The van der Waals surface area contributed by atoms with Crippen molar-refractivity contribution in [3.63, 3.8) is 0 Å². The van der Waals surface area contributed by atoms with Gasteiger partial charge in [0.15, 0.2) is 11.5 Å². The van der Waals surface area contributed by atoms with Crippen molar-refractivity contribution in [2.75, 3.05) is 12.4 Å². The Bertz CT molecular complexity index is 499. The van der Waals surface area contributed by atoms with Gasteiger partial charge in [0, 0.05) is 0 Å². The van der Waals surface area contributed by atoms with E-state index < -0.39 is 17.7 Å². The van der Waals surface area contributed by atoms with Crippen molar-refractivity contribution in [2.24, 2.45) is 0 Å². The number of esters is 1. The summed E-state index contributed by atoms with van der Waals surface area (Å²) < 4.78 is 9.56. The fourth-order valence-corrected chi connectivity index (χ4v) is 1.23. The van der Waals surface area contributed by atoms with Gasteiger partial charge in [-0.25, -0.2) is 19.6 Å².